The van der Waals surface area contributed by atoms with Gasteiger partial charge in [0.2, 0.25) is 0 Å². The van der Waals surface area contributed by atoms with E-state index in [0.717, 1.165) is 0 Å². The normalized spacial score (nSPS) is 12.2. The molecule has 0 saturated carbocycles. The highest BCUT2D eigenvalue weighted by Crippen LogP contribution is 2.26. The molecule has 2 nitrogen and oxygen atoms in total. The van der Waals surface area contributed by atoms with Gasteiger partial charge in [-0.3, -0.25) is 4.79 Å². The number of carbonyl (C=O) groups excluding carboxylic acids is 1. The van der Waals surface area contributed by atoms with Crippen molar-refractivity contribution >= 4 is 29.0 Å². The van der Waals surface area contributed by atoms with Crippen LogP contribution in [0.4, 0.5) is 0 Å². The average Bonchev–Trinajstić information content (AvgIpc) is 2.43. The monoisotopic (exact) mass is 294 g/mol. The zero-order valence-electron chi connectivity index (χ0n) is 10.0. The van der Waals surface area contributed by atoms with Gasteiger partial charge in [-0.2, -0.15) is 0 Å². The Bertz CT molecular complexity index is 562. The Morgan fingerprint density at radius 2 is 1.58 bits per heavy atom. The standard InChI is InChI=1S/C15H12Cl2O2/c16-12-7-4-8-13(17)11(12)9-14(18)15(19)10-5-2-1-3-6-10/h1-8,15,19H,9H2. The molecule has 0 aliphatic heterocycles. The third kappa shape index (κ3) is 3.35. The summed E-state index contributed by atoms with van der Waals surface area (Å²) in [5.41, 5.74) is 1.11. The molecule has 1 atom stereocenters. The van der Waals surface area contributed by atoms with E-state index in [9.17, 15) is 9.90 Å². The van der Waals surface area contributed by atoms with Crippen LogP contribution in [0.1, 0.15) is 17.2 Å². The summed E-state index contributed by atoms with van der Waals surface area (Å²) in [7, 11) is 0. The summed E-state index contributed by atoms with van der Waals surface area (Å²) in [5, 5.41) is 10.9. The number of ketones is 1. The quantitative estimate of drug-likeness (QED) is 0.930. The van der Waals surface area contributed by atoms with Crippen LogP contribution in [0.5, 0.6) is 0 Å². The molecule has 2 aromatic carbocycles. The van der Waals surface area contributed by atoms with Gasteiger partial charge in [-0.1, -0.05) is 59.6 Å². The number of benzene rings is 2. The number of Topliss-reactive ketones (excluding diaryl/α,β-unsaturated/α-hetero) is 1. The van der Waals surface area contributed by atoms with Crippen molar-refractivity contribution in [3.63, 3.8) is 0 Å². The molecule has 0 heterocycles. The summed E-state index contributed by atoms with van der Waals surface area (Å²) in [6.45, 7) is 0. The lowest BCUT2D eigenvalue weighted by molar-refractivity contribution is -0.126. The maximum atomic E-state index is 12.1. The fraction of sp³-hybridized carbons (Fsp3) is 0.133. The third-order valence-electron chi connectivity index (χ3n) is 2.83. The van der Waals surface area contributed by atoms with Crippen molar-refractivity contribution in [1.29, 1.82) is 0 Å². The van der Waals surface area contributed by atoms with Gasteiger partial charge in [0, 0.05) is 16.5 Å². The summed E-state index contributed by atoms with van der Waals surface area (Å²) >= 11 is 12.0. The Morgan fingerprint density at radius 3 is 2.16 bits per heavy atom. The van der Waals surface area contributed by atoms with Gasteiger partial charge in [0.15, 0.2) is 5.78 Å². The largest absolute Gasteiger partial charge is 0.381 e. The third-order valence-corrected chi connectivity index (χ3v) is 3.54. The molecule has 2 aromatic rings. The molecule has 1 N–H and O–H groups in total. The van der Waals surface area contributed by atoms with Crippen LogP contribution in [0.15, 0.2) is 48.5 Å². The van der Waals surface area contributed by atoms with Crippen molar-refractivity contribution in [3.8, 4) is 0 Å². The van der Waals surface area contributed by atoms with Crippen molar-refractivity contribution in [2.75, 3.05) is 0 Å². The van der Waals surface area contributed by atoms with E-state index < -0.39 is 6.10 Å². The number of rotatable bonds is 4. The first kappa shape index (κ1) is 14.1. The second kappa shape index (κ2) is 6.20. The van der Waals surface area contributed by atoms with Crippen LogP contribution in [0.2, 0.25) is 10.0 Å². The summed E-state index contributed by atoms with van der Waals surface area (Å²) < 4.78 is 0. The Kier molecular flexibility index (Phi) is 4.59. The zero-order chi connectivity index (χ0) is 13.8. The minimum absolute atomic E-state index is 0.00850. The molecule has 0 spiro atoms. The summed E-state index contributed by atoms with van der Waals surface area (Å²) in [5.74, 6) is -0.332. The van der Waals surface area contributed by atoms with Crippen molar-refractivity contribution in [3.05, 3.63) is 69.7 Å². The zero-order valence-corrected chi connectivity index (χ0v) is 11.5. The Hall–Kier alpha value is -1.35. The molecule has 98 valence electrons. The fourth-order valence-electron chi connectivity index (χ4n) is 1.79. The summed E-state index contributed by atoms with van der Waals surface area (Å²) in [4.78, 5) is 12.1. The Balaban J connectivity index is 2.18. The molecule has 0 saturated heterocycles. The minimum Gasteiger partial charge on any atom is -0.381 e. The number of hydrogen-bond acceptors (Lipinski definition) is 2. The maximum absolute atomic E-state index is 12.1. The molecule has 4 heteroatoms. The molecule has 0 aliphatic rings. The van der Waals surface area contributed by atoms with E-state index in [2.05, 4.69) is 0 Å². The van der Waals surface area contributed by atoms with E-state index in [1.54, 1.807) is 42.5 Å². The van der Waals surface area contributed by atoms with Gasteiger partial charge in [-0.05, 0) is 23.3 Å². The van der Waals surface area contributed by atoms with Crippen LogP contribution in [0.25, 0.3) is 0 Å². The molecular weight excluding hydrogens is 283 g/mol. The lowest BCUT2D eigenvalue weighted by Gasteiger charge is -2.11. The van der Waals surface area contributed by atoms with E-state index in [-0.39, 0.29) is 12.2 Å². The number of hydrogen-bond donors (Lipinski definition) is 1. The molecule has 0 amide bonds. The van der Waals surface area contributed by atoms with Crippen LogP contribution < -0.4 is 0 Å². The van der Waals surface area contributed by atoms with Gasteiger partial charge in [-0.25, -0.2) is 0 Å². The van der Waals surface area contributed by atoms with E-state index >= 15 is 0 Å². The van der Waals surface area contributed by atoms with Crippen LogP contribution in [0.3, 0.4) is 0 Å². The second-order valence-electron chi connectivity index (χ2n) is 4.16. The number of carbonyl (C=O) groups is 1. The van der Waals surface area contributed by atoms with Gasteiger partial charge < -0.3 is 5.11 Å². The summed E-state index contributed by atoms with van der Waals surface area (Å²) in [6, 6.07) is 13.8. The first-order valence-corrected chi connectivity index (χ1v) is 6.54. The first-order chi connectivity index (χ1) is 9.09. The second-order valence-corrected chi connectivity index (χ2v) is 4.97. The van der Waals surface area contributed by atoms with E-state index in [1.807, 2.05) is 6.07 Å². The van der Waals surface area contributed by atoms with Crippen LogP contribution in [-0.4, -0.2) is 10.9 Å². The van der Waals surface area contributed by atoms with Gasteiger partial charge >= 0.3 is 0 Å². The van der Waals surface area contributed by atoms with E-state index in [1.165, 1.54) is 0 Å². The molecule has 2 rings (SSSR count). The van der Waals surface area contributed by atoms with Crippen LogP contribution >= 0.6 is 23.2 Å². The molecule has 0 fully saturated rings. The summed E-state index contributed by atoms with van der Waals surface area (Å²) in [6.07, 6.45) is -1.15. The molecular formula is C15H12Cl2O2. The average molecular weight is 295 g/mol. The molecule has 0 aliphatic carbocycles. The van der Waals surface area contributed by atoms with Crippen molar-refractivity contribution in [2.45, 2.75) is 12.5 Å². The molecule has 0 bridgehead atoms. The smallest absolute Gasteiger partial charge is 0.170 e. The minimum atomic E-state index is -1.16. The Morgan fingerprint density at radius 1 is 1.00 bits per heavy atom. The van der Waals surface area contributed by atoms with Crippen molar-refractivity contribution in [2.24, 2.45) is 0 Å². The highest BCUT2D eigenvalue weighted by Gasteiger charge is 2.19. The van der Waals surface area contributed by atoms with Gasteiger partial charge in [0.05, 0.1) is 0 Å². The lowest BCUT2D eigenvalue weighted by Crippen LogP contribution is -2.15. The molecule has 19 heavy (non-hydrogen) atoms. The molecule has 1 unspecified atom stereocenters. The highest BCUT2D eigenvalue weighted by molar-refractivity contribution is 6.36. The number of aliphatic hydroxyl groups excluding tert-OH is 1. The van der Waals surface area contributed by atoms with Crippen LogP contribution in [0, 0.1) is 0 Å². The predicted octanol–water partition coefficient (Wildman–Crippen LogP) is 3.84. The Labute approximate surface area is 121 Å². The van der Waals surface area contributed by atoms with Gasteiger partial charge in [0.1, 0.15) is 6.10 Å². The predicted molar refractivity (Wildman–Crippen MR) is 76.6 cm³/mol. The number of halogens is 2. The van der Waals surface area contributed by atoms with Crippen LogP contribution in [-0.2, 0) is 11.2 Å². The van der Waals surface area contributed by atoms with Crippen molar-refractivity contribution in [1.82, 2.24) is 0 Å². The molecule has 0 aromatic heterocycles. The lowest BCUT2D eigenvalue weighted by atomic mass is 10.00. The number of aliphatic hydroxyl groups is 1. The SMILES string of the molecule is O=C(Cc1c(Cl)cccc1Cl)C(O)c1ccccc1. The van der Waals surface area contributed by atoms with Crippen molar-refractivity contribution < 1.29 is 9.90 Å². The van der Waals surface area contributed by atoms with E-state index in [0.29, 0.717) is 21.2 Å². The van der Waals surface area contributed by atoms with Gasteiger partial charge in [-0.15, -0.1) is 0 Å². The van der Waals surface area contributed by atoms with Gasteiger partial charge in [0.25, 0.3) is 0 Å². The fourth-order valence-corrected chi connectivity index (χ4v) is 2.32. The van der Waals surface area contributed by atoms with E-state index in [4.69, 9.17) is 23.2 Å². The highest BCUT2D eigenvalue weighted by atomic mass is 35.5. The topological polar surface area (TPSA) is 37.3 Å². The maximum Gasteiger partial charge on any atom is 0.170 e. The molecule has 0 radical (unpaired) electrons. The first-order valence-electron chi connectivity index (χ1n) is 5.78.